The van der Waals surface area contributed by atoms with Crippen molar-refractivity contribution in [2.75, 3.05) is 25.1 Å². The van der Waals surface area contributed by atoms with Gasteiger partial charge in [0.25, 0.3) is 5.91 Å². The van der Waals surface area contributed by atoms with Crippen molar-refractivity contribution in [3.8, 4) is 0 Å². The minimum Gasteiger partial charge on any atom is -0.383 e. The molecule has 0 saturated carbocycles. The van der Waals surface area contributed by atoms with Crippen LogP contribution >= 0.6 is 0 Å². The summed E-state index contributed by atoms with van der Waals surface area (Å²) in [6, 6.07) is 8.29. The van der Waals surface area contributed by atoms with Crippen LogP contribution in [0.4, 0.5) is 5.69 Å². The molecule has 1 aliphatic heterocycles. The second-order valence-electron chi connectivity index (χ2n) is 5.52. The molecule has 0 spiro atoms. The number of amides is 1. The molecule has 1 N–H and O–H groups in total. The highest BCUT2D eigenvalue weighted by molar-refractivity contribution is 5.95. The number of carbonyl (C=O) groups is 1. The summed E-state index contributed by atoms with van der Waals surface area (Å²) in [6.07, 6.45) is 0.926. The Labute approximate surface area is 121 Å². The fourth-order valence-corrected chi connectivity index (χ4v) is 2.50. The average Bonchev–Trinajstić information content (AvgIpc) is 2.46. The molecule has 2 rings (SSSR count). The van der Waals surface area contributed by atoms with Crippen LogP contribution < -0.4 is 5.32 Å². The van der Waals surface area contributed by atoms with Gasteiger partial charge in [0.15, 0.2) is 0 Å². The number of hydrogen-bond donors (Lipinski definition) is 1. The molecule has 1 aromatic rings. The van der Waals surface area contributed by atoms with Crippen molar-refractivity contribution >= 4 is 11.6 Å². The number of morpholine rings is 1. The van der Waals surface area contributed by atoms with E-state index in [1.165, 1.54) is 0 Å². The van der Waals surface area contributed by atoms with E-state index in [0.717, 1.165) is 17.7 Å². The zero-order valence-corrected chi connectivity index (χ0v) is 12.6. The van der Waals surface area contributed by atoms with Crippen LogP contribution in [-0.4, -0.2) is 42.6 Å². The third kappa shape index (κ3) is 3.51. The maximum Gasteiger partial charge on any atom is 0.254 e. The van der Waals surface area contributed by atoms with Gasteiger partial charge in [0.2, 0.25) is 0 Å². The lowest BCUT2D eigenvalue weighted by Gasteiger charge is -2.35. The molecular weight excluding hydrogens is 252 g/mol. The molecule has 0 radical (unpaired) electrons. The Morgan fingerprint density at radius 1 is 1.50 bits per heavy atom. The monoisotopic (exact) mass is 276 g/mol. The van der Waals surface area contributed by atoms with Crippen LogP contribution in [0.25, 0.3) is 0 Å². The fourth-order valence-electron chi connectivity index (χ4n) is 2.50. The van der Waals surface area contributed by atoms with E-state index < -0.39 is 0 Å². The lowest BCUT2D eigenvalue weighted by Crippen LogP contribution is -2.48. The van der Waals surface area contributed by atoms with Crippen molar-refractivity contribution in [2.24, 2.45) is 0 Å². The quantitative estimate of drug-likeness (QED) is 0.919. The van der Waals surface area contributed by atoms with E-state index in [-0.39, 0.29) is 11.9 Å². The van der Waals surface area contributed by atoms with Crippen LogP contribution in [0.1, 0.15) is 37.6 Å². The molecule has 1 fully saturated rings. The highest BCUT2D eigenvalue weighted by Gasteiger charge is 2.26. The lowest BCUT2D eigenvalue weighted by atomic mass is 10.1. The van der Waals surface area contributed by atoms with E-state index in [1.54, 1.807) is 0 Å². The smallest absolute Gasteiger partial charge is 0.254 e. The predicted octanol–water partition coefficient (Wildman–Crippen LogP) is 2.76. The Hall–Kier alpha value is -1.55. The maximum atomic E-state index is 12.6. The van der Waals surface area contributed by atoms with Gasteiger partial charge >= 0.3 is 0 Å². The average molecular weight is 276 g/mol. The Morgan fingerprint density at radius 3 is 3.00 bits per heavy atom. The Kier molecular flexibility index (Phi) is 5.01. The summed E-state index contributed by atoms with van der Waals surface area (Å²) >= 11 is 0. The van der Waals surface area contributed by atoms with Crippen molar-refractivity contribution in [2.45, 2.75) is 39.3 Å². The first kappa shape index (κ1) is 14.9. The second kappa shape index (κ2) is 6.75. The van der Waals surface area contributed by atoms with Gasteiger partial charge in [-0.25, -0.2) is 0 Å². The van der Waals surface area contributed by atoms with Crippen molar-refractivity contribution in [3.05, 3.63) is 29.8 Å². The Bertz CT molecular complexity index is 460. The normalized spacial score (nSPS) is 19.2. The molecule has 1 aliphatic rings. The van der Waals surface area contributed by atoms with Gasteiger partial charge in [0, 0.05) is 23.8 Å². The fraction of sp³-hybridized carbons (Fsp3) is 0.562. The number of carbonyl (C=O) groups excluding carboxylic acids is 1. The van der Waals surface area contributed by atoms with E-state index in [2.05, 4.69) is 26.1 Å². The Balaban J connectivity index is 2.15. The molecule has 110 valence electrons. The standard InChI is InChI=1S/C16H24N2O2/c1-4-15-11-20-9-8-18(15)16(19)13-6-5-7-14(10-13)17-12(2)3/h5-7,10,12,15,17H,4,8-9,11H2,1-3H3/t15-/m1/s1. The molecule has 0 aliphatic carbocycles. The van der Waals surface area contributed by atoms with Crippen LogP contribution in [0.5, 0.6) is 0 Å². The zero-order valence-electron chi connectivity index (χ0n) is 12.6. The first-order chi connectivity index (χ1) is 9.61. The van der Waals surface area contributed by atoms with Gasteiger partial charge in [-0.1, -0.05) is 13.0 Å². The van der Waals surface area contributed by atoms with Crippen molar-refractivity contribution in [1.29, 1.82) is 0 Å². The van der Waals surface area contributed by atoms with E-state index in [0.29, 0.717) is 25.8 Å². The molecule has 0 unspecified atom stereocenters. The molecule has 1 saturated heterocycles. The molecule has 1 atom stereocenters. The first-order valence-electron chi connectivity index (χ1n) is 7.37. The van der Waals surface area contributed by atoms with Gasteiger partial charge in [-0.05, 0) is 38.5 Å². The summed E-state index contributed by atoms with van der Waals surface area (Å²) in [4.78, 5) is 14.6. The topological polar surface area (TPSA) is 41.6 Å². The van der Waals surface area contributed by atoms with E-state index in [9.17, 15) is 4.79 Å². The van der Waals surface area contributed by atoms with Crippen LogP contribution in [-0.2, 0) is 4.74 Å². The SMILES string of the molecule is CC[C@@H]1COCCN1C(=O)c1cccc(NC(C)C)c1. The van der Waals surface area contributed by atoms with E-state index in [1.807, 2.05) is 29.2 Å². The number of ether oxygens (including phenoxy) is 1. The molecule has 1 aromatic carbocycles. The minimum atomic E-state index is 0.104. The van der Waals surface area contributed by atoms with Gasteiger partial charge in [-0.15, -0.1) is 0 Å². The summed E-state index contributed by atoms with van der Waals surface area (Å²) in [5, 5.41) is 3.33. The molecule has 20 heavy (non-hydrogen) atoms. The molecule has 4 nitrogen and oxygen atoms in total. The van der Waals surface area contributed by atoms with Gasteiger partial charge < -0.3 is 15.0 Å². The second-order valence-corrected chi connectivity index (χ2v) is 5.52. The van der Waals surface area contributed by atoms with Crippen LogP contribution in [0, 0.1) is 0 Å². The van der Waals surface area contributed by atoms with Crippen molar-refractivity contribution < 1.29 is 9.53 Å². The molecule has 1 heterocycles. The van der Waals surface area contributed by atoms with Crippen LogP contribution in [0.2, 0.25) is 0 Å². The van der Waals surface area contributed by atoms with E-state index >= 15 is 0 Å². The highest BCUT2D eigenvalue weighted by atomic mass is 16.5. The predicted molar refractivity (Wildman–Crippen MR) is 81.1 cm³/mol. The van der Waals surface area contributed by atoms with Gasteiger partial charge in [-0.3, -0.25) is 4.79 Å². The third-order valence-electron chi connectivity index (χ3n) is 3.52. The molecule has 4 heteroatoms. The third-order valence-corrected chi connectivity index (χ3v) is 3.52. The summed E-state index contributed by atoms with van der Waals surface area (Å²) in [5.74, 6) is 0.104. The lowest BCUT2D eigenvalue weighted by molar-refractivity contribution is -0.00279. The summed E-state index contributed by atoms with van der Waals surface area (Å²) in [5.41, 5.74) is 1.74. The highest BCUT2D eigenvalue weighted by Crippen LogP contribution is 2.18. The molecular formula is C16H24N2O2. The molecule has 1 amide bonds. The van der Waals surface area contributed by atoms with Gasteiger partial charge in [-0.2, -0.15) is 0 Å². The Morgan fingerprint density at radius 2 is 2.30 bits per heavy atom. The van der Waals surface area contributed by atoms with Crippen molar-refractivity contribution in [3.63, 3.8) is 0 Å². The largest absolute Gasteiger partial charge is 0.383 e. The van der Waals surface area contributed by atoms with Crippen LogP contribution in [0.15, 0.2) is 24.3 Å². The zero-order chi connectivity index (χ0) is 14.5. The summed E-state index contributed by atoms with van der Waals surface area (Å²) < 4.78 is 5.46. The summed E-state index contributed by atoms with van der Waals surface area (Å²) in [6.45, 7) is 8.22. The number of rotatable bonds is 4. The van der Waals surface area contributed by atoms with Gasteiger partial charge in [0.1, 0.15) is 0 Å². The number of nitrogens with zero attached hydrogens (tertiary/aromatic N) is 1. The van der Waals surface area contributed by atoms with Gasteiger partial charge in [0.05, 0.1) is 19.3 Å². The summed E-state index contributed by atoms with van der Waals surface area (Å²) in [7, 11) is 0. The number of nitrogens with one attached hydrogen (secondary N) is 1. The molecule has 0 bridgehead atoms. The first-order valence-corrected chi connectivity index (χ1v) is 7.37. The van der Waals surface area contributed by atoms with Crippen LogP contribution in [0.3, 0.4) is 0 Å². The number of hydrogen-bond acceptors (Lipinski definition) is 3. The maximum absolute atomic E-state index is 12.6. The van der Waals surface area contributed by atoms with Crippen molar-refractivity contribution in [1.82, 2.24) is 4.90 Å². The van der Waals surface area contributed by atoms with E-state index in [4.69, 9.17) is 4.74 Å². The number of anilines is 1. The number of benzene rings is 1. The minimum absolute atomic E-state index is 0.104. The molecule has 0 aromatic heterocycles.